The van der Waals surface area contributed by atoms with Crippen molar-refractivity contribution in [2.24, 2.45) is 0 Å². The summed E-state index contributed by atoms with van der Waals surface area (Å²) >= 11 is 0.699. The number of carbonyl (C=O) groups is 1. The second kappa shape index (κ2) is 6.55. The van der Waals surface area contributed by atoms with Crippen molar-refractivity contribution >= 4 is 38.5 Å². The molecule has 1 amide bonds. The number of carbonyl (C=O) groups excluding carboxylic acids is 1. The molecule has 0 atom stereocenters. The quantitative estimate of drug-likeness (QED) is 0.625. The summed E-state index contributed by atoms with van der Waals surface area (Å²) < 4.78 is 26.2. The summed E-state index contributed by atoms with van der Waals surface area (Å²) in [4.78, 5) is 15.7. The molecule has 0 spiro atoms. The second-order valence-corrected chi connectivity index (χ2v) is 7.03. The molecule has 1 aromatic heterocycles. The highest BCUT2D eigenvalue weighted by atomic mass is 32.2. The van der Waals surface area contributed by atoms with Gasteiger partial charge >= 0.3 is 0 Å². The third kappa shape index (κ3) is 4.35. The van der Waals surface area contributed by atoms with Crippen LogP contribution in [0.4, 0.5) is 5.13 Å². The summed E-state index contributed by atoms with van der Waals surface area (Å²) in [7, 11) is -3.56. The van der Waals surface area contributed by atoms with Crippen LogP contribution in [0.25, 0.3) is 6.08 Å². The molecular weight excluding hydrogens is 340 g/mol. The van der Waals surface area contributed by atoms with Gasteiger partial charge in [-0.15, -0.1) is 0 Å². The lowest BCUT2D eigenvalue weighted by molar-refractivity contribution is -0.112. The van der Waals surface area contributed by atoms with Crippen LogP contribution >= 0.6 is 11.5 Å². The van der Waals surface area contributed by atoms with Gasteiger partial charge in [-0.05, 0) is 23.8 Å². The van der Waals surface area contributed by atoms with Gasteiger partial charge in [0, 0.05) is 17.8 Å². The van der Waals surface area contributed by atoms with Crippen LogP contribution in [-0.4, -0.2) is 35.0 Å². The number of benzene rings is 1. The number of hydrogen-bond acceptors (Lipinski definition) is 8. The van der Waals surface area contributed by atoms with Gasteiger partial charge in [0.05, 0.1) is 0 Å². The minimum Gasteiger partial charge on any atom is -0.508 e. The number of hydrogen-bond donors (Lipinski definition) is 2. The molecule has 0 fully saturated rings. The predicted molar refractivity (Wildman–Crippen MR) is 83.3 cm³/mol. The van der Waals surface area contributed by atoms with Crippen molar-refractivity contribution in [3.8, 4) is 11.8 Å². The predicted octanol–water partition coefficient (Wildman–Crippen LogP) is 1.19. The van der Waals surface area contributed by atoms with Gasteiger partial charge in [-0.2, -0.15) is 14.6 Å². The van der Waals surface area contributed by atoms with E-state index in [1.54, 1.807) is 6.07 Å². The summed E-state index contributed by atoms with van der Waals surface area (Å²) in [6, 6.07) is 7.65. The van der Waals surface area contributed by atoms with E-state index in [1.807, 2.05) is 0 Å². The van der Waals surface area contributed by atoms with Crippen molar-refractivity contribution in [3.05, 3.63) is 35.4 Å². The first-order chi connectivity index (χ1) is 10.8. The van der Waals surface area contributed by atoms with Crippen LogP contribution in [-0.2, 0) is 14.6 Å². The Balaban J connectivity index is 2.19. The van der Waals surface area contributed by atoms with E-state index in [1.165, 1.54) is 30.3 Å². The zero-order valence-electron chi connectivity index (χ0n) is 11.7. The average Bonchev–Trinajstić information content (AvgIpc) is 2.95. The molecule has 0 unspecified atom stereocenters. The number of sulfone groups is 1. The Morgan fingerprint density at radius 2 is 2.04 bits per heavy atom. The number of phenols is 1. The molecule has 118 valence electrons. The van der Waals surface area contributed by atoms with Gasteiger partial charge in [0.1, 0.15) is 17.4 Å². The first-order valence-electron chi connectivity index (χ1n) is 6.05. The van der Waals surface area contributed by atoms with E-state index in [2.05, 4.69) is 14.7 Å². The lowest BCUT2D eigenvalue weighted by Crippen LogP contribution is -2.13. The molecule has 0 aliphatic heterocycles. The number of aromatic nitrogens is 2. The number of amides is 1. The molecule has 10 heteroatoms. The van der Waals surface area contributed by atoms with Gasteiger partial charge in [-0.1, -0.05) is 12.1 Å². The maximum atomic E-state index is 12.0. The number of rotatable bonds is 4. The van der Waals surface area contributed by atoms with Crippen LogP contribution < -0.4 is 5.32 Å². The van der Waals surface area contributed by atoms with E-state index in [-0.39, 0.29) is 21.6 Å². The standard InChI is InChI=1S/C13H10N4O4S2/c1-23(20,21)13-16-12(22-17-13)15-11(19)9(7-14)6-8-2-4-10(18)5-3-8/h2-6,18H,1H3,(H,15,16,17,19). The minimum atomic E-state index is -3.56. The summed E-state index contributed by atoms with van der Waals surface area (Å²) in [5.41, 5.74) is 0.343. The molecule has 2 rings (SSSR count). The van der Waals surface area contributed by atoms with Crippen molar-refractivity contribution in [1.29, 1.82) is 5.26 Å². The van der Waals surface area contributed by atoms with Gasteiger partial charge in [0.2, 0.25) is 15.0 Å². The van der Waals surface area contributed by atoms with Crippen molar-refractivity contribution in [2.45, 2.75) is 5.16 Å². The number of nitriles is 1. The van der Waals surface area contributed by atoms with E-state index in [0.29, 0.717) is 17.1 Å². The highest BCUT2D eigenvalue weighted by Crippen LogP contribution is 2.17. The van der Waals surface area contributed by atoms with Gasteiger partial charge in [-0.25, -0.2) is 8.42 Å². The van der Waals surface area contributed by atoms with Gasteiger partial charge in [-0.3, -0.25) is 10.1 Å². The van der Waals surface area contributed by atoms with Gasteiger partial charge < -0.3 is 5.11 Å². The van der Waals surface area contributed by atoms with Gasteiger partial charge in [0.25, 0.3) is 11.1 Å². The molecule has 0 saturated carbocycles. The second-order valence-electron chi connectivity index (χ2n) is 4.37. The molecule has 8 nitrogen and oxygen atoms in total. The normalized spacial score (nSPS) is 11.7. The Labute approximate surface area is 135 Å². The van der Waals surface area contributed by atoms with E-state index in [4.69, 9.17) is 5.26 Å². The Kier molecular flexibility index (Phi) is 4.73. The Hall–Kier alpha value is -2.77. The molecule has 1 heterocycles. The number of nitrogens with one attached hydrogen (secondary N) is 1. The zero-order valence-corrected chi connectivity index (χ0v) is 13.3. The fourth-order valence-corrected chi connectivity index (χ4v) is 2.90. The molecule has 23 heavy (non-hydrogen) atoms. The third-order valence-electron chi connectivity index (χ3n) is 2.53. The number of aromatic hydroxyl groups is 1. The van der Waals surface area contributed by atoms with Crippen molar-refractivity contribution in [2.75, 3.05) is 11.6 Å². The topological polar surface area (TPSA) is 133 Å². The molecular formula is C13H10N4O4S2. The fourth-order valence-electron chi connectivity index (χ4n) is 1.46. The van der Waals surface area contributed by atoms with Crippen LogP contribution in [0, 0.1) is 11.3 Å². The Bertz CT molecular complexity index is 908. The largest absolute Gasteiger partial charge is 0.508 e. The molecule has 2 aromatic rings. The van der Waals surface area contributed by atoms with E-state index < -0.39 is 15.7 Å². The van der Waals surface area contributed by atoms with Crippen LogP contribution in [0.15, 0.2) is 35.0 Å². The number of anilines is 1. The SMILES string of the molecule is CS(=O)(=O)c1nsc(NC(=O)C(C#N)=Cc2ccc(O)cc2)n1. The molecule has 1 aromatic carbocycles. The van der Waals surface area contributed by atoms with Crippen molar-refractivity contribution in [1.82, 2.24) is 9.36 Å². The van der Waals surface area contributed by atoms with Crippen LogP contribution in [0.2, 0.25) is 0 Å². The molecule has 0 aliphatic rings. The highest BCUT2D eigenvalue weighted by Gasteiger charge is 2.17. The van der Waals surface area contributed by atoms with Crippen LogP contribution in [0.1, 0.15) is 5.56 Å². The lowest BCUT2D eigenvalue weighted by atomic mass is 10.1. The van der Waals surface area contributed by atoms with Crippen molar-refractivity contribution < 1.29 is 18.3 Å². The van der Waals surface area contributed by atoms with Gasteiger partial charge in [0.15, 0.2) is 0 Å². The summed E-state index contributed by atoms with van der Waals surface area (Å²) in [5.74, 6) is -0.677. The van der Waals surface area contributed by atoms with Crippen LogP contribution in [0.3, 0.4) is 0 Å². The smallest absolute Gasteiger partial charge is 0.268 e. The fraction of sp³-hybridized carbons (Fsp3) is 0.0769. The summed E-state index contributed by atoms with van der Waals surface area (Å²) in [5, 5.41) is 20.2. The highest BCUT2D eigenvalue weighted by molar-refractivity contribution is 7.90. The molecule has 0 radical (unpaired) electrons. The first kappa shape index (κ1) is 16.6. The maximum absolute atomic E-state index is 12.0. The minimum absolute atomic E-state index is 0.0257. The zero-order chi connectivity index (χ0) is 17.0. The third-order valence-corrected chi connectivity index (χ3v) is 4.12. The first-order valence-corrected chi connectivity index (χ1v) is 8.72. The summed E-state index contributed by atoms with van der Waals surface area (Å²) in [6.07, 6.45) is 2.28. The maximum Gasteiger partial charge on any atom is 0.268 e. The molecule has 2 N–H and O–H groups in total. The number of phenolic OH excluding ortho intramolecular Hbond substituents is 1. The average molecular weight is 350 g/mol. The monoisotopic (exact) mass is 350 g/mol. The summed E-state index contributed by atoms with van der Waals surface area (Å²) in [6.45, 7) is 0. The number of nitrogens with zero attached hydrogens (tertiary/aromatic N) is 3. The van der Waals surface area contributed by atoms with Crippen LogP contribution in [0.5, 0.6) is 5.75 Å². The van der Waals surface area contributed by atoms with E-state index in [0.717, 1.165) is 6.26 Å². The molecule has 0 saturated heterocycles. The Morgan fingerprint density at radius 3 is 2.57 bits per heavy atom. The Morgan fingerprint density at radius 1 is 1.39 bits per heavy atom. The molecule has 0 bridgehead atoms. The molecule has 0 aliphatic carbocycles. The van der Waals surface area contributed by atoms with Crippen molar-refractivity contribution in [3.63, 3.8) is 0 Å². The lowest BCUT2D eigenvalue weighted by Gasteiger charge is -2.00. The van der Waals surface area contributed by atoms with E-state index in [9.17, 15) is 18.3 Å². The van der Waals surface area contributed by atoms with E-state index >= 15 is 0 Å².